The standard InChI is InChI=1S/C22H18FN3O2S/c1-2-28-18-9-10-19-20(12-18)29-22(25-19)26(14-15-4-3-11-24-13-15)21(27)16-5-7-17(23)8-6-16/h3-13H,2,14H2,1H3. The minimum Gasteiger partial charge on any atom is -0.494 e. The minimum atomic E-state index is -0.385. The summed E-state index contributed by atoms with van der Waals surface area (Å²) in [5.74, 6) is 0.126. The number of rotatable bonds is 6. The molecular weight excluding hydrogens is 389 g/mol. The number of fused-ring (bicyclic) bond motifs is 1. The lowest BCUT2D eigenvalue weighted by Gasteiger charge is -2.20. The molecule has 0 aliphatic rings. The zero-order valence-corrected chi connectivity index (χ0v) is 16.5. The fraction of sp³-hybridized carbons (Fsp3) is 0.136. The number of anilines is 1. The highest BCUT2D eigenvalue weighted by atomic mass is 32.1. The van der Waals surface area contributed by atoms with Crippen molar-refractivity contribution < 1.29 is 13.9 Å². The summed E-state index contributed by atoms with van der Waals surface area (Å²) in [6, 6.07) is 14.9. The van der Waals surface area contributed by atoms with E-state index in [4.69, 9.17) is 4.74 Å². The molecule has 4 rings (SSSR count). The van der Waals surface area contributed by atoms with E-state index in [2.05, 4.69) is 9.97 Å². The fourth-order valence-electron chi connectivity index (χ4n) is 2.91. The Labute approximate surface area is 171 Å². The number of hydrogen-bond donors (Lipinski definition) is 0. The number of hydrogen-bond acceptors (Lipinski definition) is 5. The molecule has 2 heterocycles. The van der Waals surface area contributed by atoms with Crippen LogP contribution >= 0.6 is 11.3 Å². The van der Waals surface area contributed by atoms with Gasteiger partial charge in [0.2, 0.25) is 0 Å². The summed E-state index contributed by atoms with van der Waals surface area (Å²) in [6.45, 7) is 2.81. The molecule has 0 unspecified atom stereocenters. The van der Waals surface area contributed by atoms with Crippen LogP contribution in [-0.2, 0) is 6.54 Å². The molecular formula is C22H18FN3O2S. The SMILES string of the molecule is CCOc1ccc2nc(N(Cc3cccnc3)C(=O)c3ccc(F)cc3)sc2c1. The predicted molar refractivity (Wildman–Crippen MR) is 112 cm³/mol. The molecule has 0 aliphatic carbocycles. The highest BCUT2D eigenvalue weighted by Gasteiger charge is 2.22. The summed E-state index contributed by atoms with van der Waals surface area (Å²) in [5.41, 5.74) is 2.05. The van der Waals surface area contributed by atoms with Crippen molar-refractivity contribution in [1.82, 2.24) is 9.97 Å². The Hall–Kier alpha value is -3.32. The third-order valence-corrected chi connectivity index (χ3v) is 5.33. The second-order valence-corrected chi connectivity index (χ2v) is 7.33. The Morgan fingerprint density at radius 2 is 2.00 bits per heavy atom. The van der Waals surface area contributed by atoms with Crippen LogP contribution in [0.2, 0.25) is 0 Å². The van der Waals surface area contributed by atoms with Gasteiger partial charge in [0, 0.05) is 18.0 Å². The summed E-state index contributed by atoms with van der Waals surface area (Å²) in [4.78, 5) is 23.6. The van der Waals surface area contributed by atoms with E-state index in [-0.39, 0.29) is 11.7 Å². The van der Waals surface area contributed by atoms with Gasteiger partial charge in [0.15, 0.2) is 5.13 Å². The van der Waals surface area contributed by atoms with E-state index in [0.717, 1.165) is 21.5 Å². The molecule has 2 aromatic carbocycles. The second kappa shape index (κ2) is 8.36. The molecule has 0 saturated heterocycles. The predicted octanol–water partition coefficient (Wildman–Crippen LogP) is 5.08. The van der Waals surface area contributed by atoms with Gasteiger partial charge in [-0.25, -0.2) is 9.37 Å². The number of pyridine rings is 1. The number of nitrogens with zero attached hydrogens (tertiary/aromatic N) is 3. The number of benzene rings is 2. The number of carbonyl (C=O) groups excluding carboxylic acids is 1. The molecule has 0 spiro atoms. The van der Waals surface area contributed by atoms with Crippen molar-refractivity contribution in [3.8, 4) is 5.75 Å². The Bertz CT molecular complexity index is 1130. The highest BCUT2D eigenvalue weighted by molar-refractivity contribution is 7.22. The van der Waals surface area contributed by atoms with Gasteiger partial charge in [-0.15, -0.1) is 0 Å². The van der Waals surface area contributed by atoms with Crippen LogP contribution in [0, 0.1) is 5.82 Å². The van der Waals surface area contributed by atoms with Crippen molar-refractivity contribution >= 4 is 32.6 Å². The summed E-state index contributed by atoms with van der Waals surface area (Å²) < 4.78 is 19.8. The first-order valence-corrected chi connectivity index (χ1v) is 9.95. The molecule has 2 aromatic heterocycles. The smallest absolute Gasteiger partial charge is 0.260 e. The van der Waals surface area contributed by atoms with Gasteiger partial charge < -0.3 is 4.74 Å². The number of carbonyl (C=O) groups is 1. The van der Waals surface area contributed by atoms with Crippen LogP contribution in [0.4, 0.5) is 9.52 Å². The molecule has 0 atom stereocenters. The van der Waals surface area contributed by atoms with E-state index in [0.29, 0.717) is 23.8 Å². The summed E-state index contributed by atoms with van der Waals surface area (Å²) in [6.07, 6.45) is 3.40. The Morgan fingerprint density at radius 1 is 1.17 bits per heavy atom. The average Bonchev–Trinajstić information content (AvgIpc) is 3.16. The third kappa shape index (κ3) is 4.25. The molecule has 0 radical (unpaired) electrons. The molecule has 0 saturated carbocycles. The number of ether oxygens (including phenoxy) is 1. The van der Waals surface area contributed by atoms with Gasteiger partial charge in [-0.2, -0.15) is 0 Å². The second-order valence-electron chi connectivity index (χ2n) is 6.32. The van der Waals surface area contributed by atoms with Gasteiger partial charge in [0.1, 0.15) is 11.6 Å². The van der Waals surface area contributed by atoms with Crippen molar-refractivity contribution in [2.24, 2.45) is 0 Å². The maximum absolute atomic E-state index is 13.3. The van der Waals surface area contributed by atoms with Crippen molar-refractivity contribution in [3.05, 3.63) is 83.9 Å². The van der Waals surface area contributed by atoms with Crippen LogP contribution in [0.3, 0.4) is 0 Å². The van der Waals surface area contributed by atoms with E-state index in [1.165, 1.54) is 35.6 Å². The van der Waals surface area contributed by atoms with E-state index in [1.807, 2.05) is 37.3 Å². The Morgan fingerprint density at radius 3 is 2.72 bits per heavy atom. The van der Waals surface area contributed by atoms with Gasteiger partial charge in [0.05, 0.1) is 23.4 Å². The van der Waals surface area contributed by atoms with E-state index in [9.17, 15) is 9.18 Å². The first-order chi connectivity index (χ1) is 14.1. The molecule has 5 nitrogen and oxygen atoms in total. The molecule has 0 fully saturated rings. The molecule has 0 bridgehead atoms. The van der Waals surface area contributed by atoms with Crippen LogP contribution in [-0.4, -0.2) is 22.5 Å². The van der Waals surface area contributed by atoms with E-state index >= 15 is 0 Å². The maximum atomic E-state index is 13.3. The van der Waals surface area contributed by atoms with Gasteiger partial charge in [-0.1, -0.05) is 17.4 Å². The van der Waals surface area contributed by atoms with Crippen LogP contribution in [0.15, 0.2) is 67.0 Å². The minimum absolute atomic E-state index is 0.252. The molecule has 146 valence electrons. The van der Waals surface area contributed by atoms with Crippen molar-refractivity contribution in [2.45, 2.75) is 13.5 Å². The zero-order valence-electron chi connectivity index (χ0n) is 15.7. The molecule has 1 amide bonds. The van der Waals surface area contributed by atoms with Gasteiger partial charge in [-0.3, -0.25) is 14.7 Å². The number of aromatic nitrogens is 2. The lowest BCUT2D eigenvalue weighted by atomic mass is 10.2. The average molecular weight is 407 g/mol. The van der Waals surface area contributed by atoms with E-state index < -0.39 is 0 Å². The van der Waals surface area contributed by atoms with E-state index in [1.54, 1.807) is 17.3 Å². The fourth-order valence-corrected chi connectivity index (χ4v) is 3.91. The molecule has 29 heavy (non-hydrogen) atoms. The first-order valence-electron chi connectivity index (χ1n) is 9.14. The Kier molecular flexibility index (Phi) is 5.48. The highest BCUT2D eigenvalue weighted by Crippen LogP contribution is 2.33. The van der Waals surface area contributed by atoms with Gasteiger partial charge in [0.25, 0.3) is 5.91 Å². The molecule has 0 N–H and O–H groups in total. The number of thiazole rings is 1. The van der Waals surface area contributed by atoms with Crippen molar-refractivity contribution in [1.29, 1.82) is 0 Å². The van der Waals surface area contributed by atoms with Crippen molar-refractivity contribution in [2.75, 3.05) is 11.5 Å². The molecule has 0 aliphatic heterocycles. The molecule has 7 heteroatoms. The third-order valence-electron chi connectivity index (χ3n) is 4.29. The lowest BCUT2D eigenvalue weighted by molar-refractivity contribution is 0.0985. The topological polar surface area (TPSA) is 55.3 Å². The van der Waals surface area contributed by atoms with Crippen LogP contribution in [0.25, 0.3) is 10.2 Å². The van der Waals surface area contributed by atoms with Gasteiger partial charge in [-0.05, 0) is 61.0 Å². The summed E-state index contributed by atoms with van der Waals surface area (Å²) >= 11 is 1.41. The zero-order chi connectivity index (χ0) is 20.2. The monoisotopic (exact) mass is 407 g/mol. The summed E-state index contributed by atoms with van der Waals surface area (Å²) in [5, 5.41) is 0.562. The first kappa shape index (κ1) is 19.0. The largest absolute Gasteiger partial charge is 0.494 e. The van der Waals surface area contributed by atoms with Crippen molar-refractivity contribution in [3.63, 3.8) is 0 Å². The summed E-state index contributed by atoms with van der Waals surface area (Å²) in [7, 11) is 0. The quantitative estimate of drug-likeness (QED) is 0.447. The lowest BCUT2D eigenvalue weighted by Crippen LogP contribution is -2.30. The normalized spacial score (nSPS) is 10.8. The number of amides is 1. The van der Waals surface area contributed by atoms with Crippen LogP contribution in [0.1, 0.15) is 22.8 Å². The van der Waals surface area contributed by atoms with Gasteiger partial charge >= 0.3 is 0 Å². The Balaban J connectivity index is 1.73. The number of halogens is 1. The van der Waals surface area contributed by atoms with Crippen LogP contribution in [0.5, 0.6) is 5.75 Å². The molecule has 4 aromatic rings. The maximum Gasteiger partial charge on any atom is 0.260 e. The van der Waals surface area contributed by atoms with Crippen LogP contribution < -0.4 is 9.64 Å².